The third-order valence-corrected chi connectivity index (χ3v) is 4.59. The molecule has 0 aliphatic rings. The lowest BCUT2D eigenvalue weighted by Crippen LogP contribution is -1.95. The van der Waals surface area contributed by atoms with Gasteiger partial charge in [-0.1, -0.05) is 32.1 Å². The first-order valence-corrected chi connectivity index (χ1v) is 10.3. The van der Waals surface area contributed by atoms with E-state index in [1.165, 1.54) is 12.1 Å². The molecule has 0 saturated carbocycles. The number of hydrogen-bond donors (Lipinski definition) is 0. The number of rotatable bonds is 7. The topological polar surface area (TPSA) is 34.0 Å². The molecule has 3 rings (SSSR count). The van der Waals surface area contributed by atoms with Crippen LogP contribution in [0.15, 0.2) is 70.9 Å². The van der Waals surface area contributed by atoms with Gasteiger partial charge >= 0.3 is 0 Å². The normalized spacial score (nSPS) is 10.7. The smallest absolute Gasteiger partial charge is 0.142 e. The summed E-state index contributed by atoms with van der Waals surface area (Å²) in [4.78, 5) is 0. The molecule has 0 aliphatic carbocycles. The fraction of sp³-hybridized carbons (Fsp3) is 0.231. The molecule has 31 heavy (non-hydrogen) atoms. The van der Waals surface area contributed by atoms with Crippen molar-refractivity contribution in [1.29, 1.82) is 0 Å². The molecule has 0 aliphatic heterocycles. The number of unbranched alkanes of at least 4 members (excludes halogenated alkanes) is 1. The molecular formula is C26H24F2N2O. The van der Waals surface area contributed by atoms with Crippen molar-refractivity contribution in [2.45, 2.75) is 33.1 Å². The van der Waals surface area contributed by atoms with E-state index in [2.05, 4.69) is 29.0 Å². The van der Waals surface area contributed by atoms with E-state index in [1.807, 2.05) is 31.2 Å². The van der Waals surface area contributed by atoms with Crippen LogP contribution in [0.1, 0.15) is 43.4 Å². The van der Waals surface area contributed by atoms with E-state index in [9.17, 15) is 8.78 Å². The zero-order valence-electron chi connectivity index (χ0n) is 17.7. The van der Waals surface area contributed by atoms with Crippen molar-refractivity contribution in [2.75, 3.05) is 6.61 Å². The predicted molar refractivity (Wildman–Crippen MR) is 119 cm³/mol. The lowest BCUT2D eigenvalue weighted by molar-refractivity contribution is 0.309. The molecule has 3 nitrogen and oxygen atoms in total. The number of hydrogen-bond acceptors (Lipinski definition) is 3. The number of aryl methyl sites for hydroxylation is 1. The van der Waals surface area contributed by atoms with Gasteiger partial charge in [-0.3, -0.25) is 0 Å². The van der Waals surface area contributed by atoms with E-state index in [0.29, 0.717) is 35.5 Å². The summed E-state index contributed by atoms with van der Waals surface area (Å²) in [6.45, 7) is 4.67. The fourth-order valence-electron chi connectivity index (χ4n) is 2.75. The van der Waals surface area contributed by atoms with Crippen molar-refractivity contribution in [2.24, 2.45) is 10.2 Å². The first kappa shape index (κ1) is 22.2. The van der Waals surface area contributed by atoms with E-state index in [1.54, 1.807) is 24.3 Å². The van der Waals surface area contributed by atoms with Crippen LogP contribution in [0.25, 0.3) is 0 Å². The van der Waals surface area contributed by atoms with Gasteiger partial charge in [-0.25, -0.2) is 8.78 Å². The van der Waals surface area contributed by atoms with Gasteiger partial charge in [0.2, 0.25) is 0 Å². The zero-order chi connectivity index (χ0) is 22.1. The molecule has 0 saturated heterocycles. The Morgan fingerprint density at radius 1 is 0.806 bits per heavy atom. The summed E-state index contributed by atoms with van der Waals surface area (Å²) in [5, 5.41) is 8.42. The van der Waals surface area contributed by atoms with Gasteiger partial charge in [-0.05, 0) is 79.1 Å². The van der Waals surface area contributed by atoms with Gasteiger partial charge in [0.15, 0.2) is 0 Å². The van der Waals surface area contributed by atoms with Crippen LogP contribution >= 0.6 is 0 Å². The Hall–Kier alpha value is -3.52. The SMILES string of the molecule is CCCCOc1ccc(N=Nc2ccc(C#Cc3c(F)cc(CC)cc3F)cc2)cc1. The van der Waals surface area contributed by atoms with Crippen LogP contribution in [0, 0.1) is 23.5 Å². The minimum atomic E-state index is -0.642. The number of benzene rings is 3. The number of azo groups is 1. The number of nitrogens with zero attached hydrogens (tertiary/aromatic N) is 2. The van der Waals surface area contributed by atoms with Crippen molar-refractivity contribution in [3.05, 3.63) is 89.0 Å². The average Bonchev–Trinajstić information content (AvgIpc) is 2.79. The monoisotopic (exact) mass is 418 g/mol. The Kier molecular flexibility index (Phi) is 7.89. The minimum Gasteiger partial charge on any atom is -0.494 e. The molecule has 3 aromatic rings. The van der Waals surface area contributed by atoms with E-state index < -0.39 is 11.6 Å². The molecule has 0 unspecified atom stereocenters. The third kappa shape index (κ3) is 6.48. The lowest BCUT2D eigenvalue weighted by atomic mass is 10.1. The molecule has 0 amide bonds. The van der Waals surface area contributed by atoms with Crippen LogP contribution in [-0.4, -0.2) is 6.61 Å². The second-order valence-corrected chi connectivity index (χ2v) is 6.98. The molecule has 0 bridgehead atoms. The molecule has 0 aromatic heterocycles. The Morgan fingerprint density at radius 2 is 1.39 bits per heavy atom. The predicted octanol–water partition coefficient (Wildman–Crippen LogP) is 7.52. The molecule has 0 spiro atoms. The van der Waals surface area contributed by atoms with Gasteiger partial charge in [-0.15, -0.1) is 0 Å². The van der Waals surface area contributed by atoms with Gasteiger partial charge in [0.1, 0.15) is 17.4 Å². The van der Waals surface area contributed by atoms with Crippen LogP contribution in [0.2, 0.25) is 0 Å². The van der Waals surface area contributed by atoms with Gasteiger partial charge in [0.25, 0.3) is 0 Å². The maximum atomic E-state index is 14.1. The van der Waals surface area contributed by atoms with Crippen molar-refractivity contribution in [3.63, 3.8) is 0 Å². The van der Waals surface area contributed by atoms with Gasteiger partial charge in [0.05, 0.1) is 23.5 Å². The molecule has 0 atom stereocenters. The molecule has 3 aromatic carbocycles. The summed E-state index contributed by atoms with van der Waals surface area (Å²) < 4.78 is 33.7. The second-order valence-electron chi connectivity index (χ2n) is 6.98. The first-order valence-electron chi connectivity index (χ1n) is 10.3. The summed E-state index contributed by atoms with van der Waals surface area (Å²) in [5.41, 5.74) is 2.38. The standard InChI is InChI=1S/C26H24F2N2O/c1-3-5-16-31-23-13-11-22(12-14-23)30-29-21-9-6-20(7-10-21)8-15-24-25(27)17-19(4-2)18-26(24)28/h6-7,9-14,17-18H,3-5,16H2,1-2H3. The van der Waals surface area contributed by atoms with Crippen molar-refractivity contribution < 1.29 is 13.5 Å². The van der Waals surface area contributed by atoms with Crippen molar-refractivity contribution >= 4 is 11.4 Å². The van der Waals surface area contributed by atoms with E-state index in [-0.39, 0.29) is 5.56 Å². The number of halogens is 2. The van der Waals surface area contributed by atoms with Crippen LogP contribution < -0.4 is 4.74 Å². The van der Waals surface area contributed by atoms with Gasteiger partial charge < -0.3 is 4.74 Å². The molecule has 0 radical (unpaired) electrons. The summed E-state index contributed by atoms with van der Waals surface area (Å²) in [5.74, 6) is 4.90. The summed E-state index contributed by atoms with van der Waals surface area (Å²) in [6, 6.07) is 17.0. The quantitative estimate of drug-likeness (QED) is 0.222. The highest BCUT2D eigenvalue weighted by molar-refractivity contribution is 5.49. The van der Waals surface area contributed by atoms with Crippen molar-refractivity contribution in [3.8, 4) is 17.6 Å². The van der Waals surface area contributed by atoms with Crippen LogP contribution in [-0.2, 0) is 6.42 Å². The highest BCUT2D eigenvalue weighted by Gasteiger charge is 2.08. The largest absolute Gasteiger partial charge is 0.494 e. The fourth-order valence-corrected chi connectivity index (χ4v) is 2.75. The zero-order valence-corrected chi connectivity index (χ0v) is 17.7. The first-order chi connectivity index (χ1) is 15.1. The Bertz CT molecular complexity index is 1070. The molecule has 158 valence electrons. The molecule has 5 heteroatoms. The van der Waals surface area contributed by atoms with Crippen molar-refractivity contribution in [1.82, 2.24) is 0 Å². The Balaban J connectivity index is 1.64. The highest BCUT2D eigenvalue weighted by atomic mass is 19.1. The minimum absolute atomic E-state index is 0.219. The van der Waals surface area contributed by atoms with E-state index >= 15 is 0 Å². The maximum Gasteiger partial charge on any atom is 0.142 e. The van der Waals surface area contributed by atoms with Crippen LogP contribution in [0.4, 0.5) is 20.2 Å². The summed E-state index contributed by atoms with van der Waals surface area (Å²) in [7, 11) is 0. The Morgan fingerprint density at radius 3 is 1.94 bits per heavy atom. The second kappa shape index (κ2) is 11.0. The highest BCUT2D eigenvalue weighted by Crippen LogP contribution is 2.22. The van der Waals surface area contributed by atoms with E-state index in [0.717, 1.165) is 18.6 Å². The van der Waals surface area contributed by atoms with Gasteiger partial charge in [0, 0.05) is 5.56 Å². The van der Waals surface area contributed by atoms with Crippen LogP contribution in [0.5, 0.6) is 5.75 Å². The molecular weight excluding hydrogens is 394 g/mol. The lowest BCUT2D eigenvalue weighted by Gasteiger charge is -2.04. The van der Waals surface area contributed by atoms with E-state index in [4.69, 9.17) is 4.74 Å². The summed E-state index contributed by atoms with van der Waals surface area (Å²) >= 11 is 0. The average molecular weight is 418 g/mol. The Labute approximate surface area is 181 Å². The molecule has 0 N–H and O–H groups in total. The third-order valence-electron chi connectivity index (χ3n) is 4.59. The van der Waals surface area contributed by atoms with Crippen LogP contribution in [0.3, 0.4) is 0 Å². The molecule has 0 fully saturated rings. The van der Waals surface area contributed by atoms with Gasteiger partial charge in [-0.2, -0.15) is 10.2 Å². The summed E-state index contributed by atoms with van der Waals surface area (Å²) in [6.07, 6.45) is 2.68. The maximum absolute atomic E-state index is 14.1. The number of ether oxygens (including phenoxy) is 1. The molecule has 0 heterocycles.